The van der Waals surface area contributed by atoms with E-state index in [1.165, 1.54) is 31.6 Å². The number of hydrogen-bond donors (Lipinski definition) is 2. The molecule has 0 aliphatic heterocycles. The Labute approximate surface area is 113 Å². The van der Waals surface area contributed by atoms with Gasteiger partial charge in [-0.25, -0.2) is 4.79 Å². The lowest BCUT2D eigenvalue weighted by Gasteiger charge is -2.09. The molecule has 104 valence electrons. The number of benzene rings is 1. The molecule has 1 aromatic carbocycles. The smallest absolute Gasteiger partial charge is 0.326 e. The molecule has 1 heterocycles. The topological polar surface area (TPSA) is 107 Å². The van der Waals surface area contributed by atoms with Gasteiger partial charge in [-0.3, -0.25) is 15.4 Å². The number of nitro benzene ring substituents is 1. The molecule has 0 saturated heterocycles. The highest BCUT2D eigenvalue weighted by molar-refractivity contribution is 6.00. The summed E-state index contributed by atoms with van der Waals surface area (Å²) in [4.78, 5) is 21.9. The number of nitro groups is 1. The molecule has 0 atom stereocenters. The van der Waals surface area contributed by atoms with Gasteiger partial charge in [-0.1, -0.05) is 0 Å². The quantitative estimate of drug-likeness (QED) is 0.660. The average Bonchev–Trinajstić information content (AvgIpc) is 2.91. The van der Waals surface area contributed by atoms with Crippen LogP contribution in [0.15, 0.2) is 41.0 Å². The zero-order valence-electron chi connectivity index (χ0n) is 10.5. The van der Waals surface area contributed by atoms with Crippen molar-refractivity contribution in [1.82, 2.24) is 0 Å². The molecule has 2 aromatic rings. The minimum absolute atomic E-state index is 0.154. The molecule has 0 aliphatic rings. The minimum atomic E-state index is -0.598. The highest BCUT2D eigenvalue weighted by Gasteiger charge is 2.14. The van der Waals surface area contributed by atoms with Crippen LogP contribution in [0, 0.1) is 10.1 Å². The second kappa shape index (κ2) is 5.74. The van der Waals surface area contributed by atoms with Crippen LogP contribution in [-0.4, -0.2) is 18.1 Å². The van der Waals surface area contributed by atoms with Crippen molar-refractivity contribution in [3.05, 3.63) is 46.7 Å². The van der Waals surface area contributed by atoms with Crippen molar-refractivity contribution < 1.29 is 18.9 Å². The summed E-state index contributed by atoms with van der Waals surface area (Å²) in [6, 6.07) is 6.47. The number of non-ortho nitro benzene ring substituents is 1. The Bertz CT molecular complexity index is 624. The van der Waals surface area contributed by atoms with Gasteiger partial charge in [0.2, 0.25) is 5.88 Å². The summed E-state index contributed by atoms with van der Waals surface area (Å²) in [5.74, 6) is 0.567. The van der Waals surface area contributed by atoms with Gasteiger partial charge >= 0.3 is 6.03 Å². The number of carbonyl (C=O) groups is 1. The molecule has 0 spiro atoms. The van der Waals surface area contributed by atoms with E-state index in [1.807, 2.05) is 0 Å². The van der Waals surface area contributed by atoms with E-state index >= 15 is 0 Å². The van der Waals surface area contributed by atoms with Crippen molar-refractivity contribution in [1.29, 1.82) is 0 Å². The Balaban J connectivity index is 2.16. The van der Waals surface area contributed by atoms with E-state index in [1.54, 1.807) is 12.1 Å². The van der Waals surface area contributed by atoms with Gasteiger partial charge in [0.1, 0.15) is 5.75 Å². The maximum atomic E-state index is 11.7. The third-order valence-corrected chi connectivity index (χ3v) is 2.40. The summed E-state index contributed by atoms with van der Waals surface area (Å²) < 4.78 is 9.98. The van der Waals surface area contributed by atoms with E-state index in [0.29, 0.717) is 5.75 Å². The first-order valence-corrected chi connectivity index (χ1v) is 5.54. The summed E-state index contributed by atoms with van der Waals surface area (Å²) in [6.45, 7) is 0. The number of anilines is 2. The molecular weight excluding hydrogens is 266 g/mol. The fraction of sp³-hybridized carbons (Fsp3) is 0.0833. The van der Waals surface area contributed by atoms with E-state index in [4.69, 9.17) is 9.15 Å². The Morgan fingerprint density at radius 3 is 2.75 bits per heavy atom. The number of hydrogen-bond acceptors (Lipinski definition) is 5. The summed E-state index contributed by atoms with van der Waals surface area (Å²) in [5, 5.41) is 15.6. The standard InChI is InChI=1S/C12H11N3O5/c1-19-10-5-4-8(15(17)18)7-9(10)13-12(16)14-11-3-2-6-20-11/h2-7H,1H3,(H2,13,14,16). The maximum Gasteiger partial charge on any atom is 0.326 e. The number of carbonyl (C=O) groups excluding carboxylic acids is 1. The van der Waals surface area contributed by atoms with E-state index in [0.717, 1.165) is 0 Å². The number of urea groups is 1. The molecule has 2 N–H and O–H groups in total. The SMILES string of the molecule is COc1ccc([N+](=O)[O-])cc1NC(=O)Nc1ccco1. The number of rotatable bonds is 4. The molecule has 2 amide bonds. The first kappa shape index (κ1) is 13.4. The summed E-state index contributed by atoms with van der Waals surface area (Å²) in [6.07, 6.45) is 1.41. The van der Waals surface area contributed by atoms with Gasteiger partial charge in [-0.2, -0.15) is 0 Å². The second-order valence-electron chi connectivity index (χ2n) is 3.70. The lowest BCUT2D eigenvalue weighted by atomic mass is 10.2. The van der Waals surface area contributed by atoms with Gasteiger partial charge in [0, 0.05) is 18.2 Å². The largest absolute Gasteiger partial charge is 0.495 e. The molecule has 8 nitrogen and oxygen atoms in total. The van der Waals surface area contributed by atoms with Crippen LogP contribution in [0.2, 0.25) is 0 Å². The van der Waals surface area contributed by atoms with Crippen LogP contribution in [0.3, 0.4) is 0 Å². The predicted molar refractivity (Wildman–Crippen MR) is 71.0 cm³/mol. The summed E-state index contributed by atoms with van der Waals surface area (Å²) in [7, 11) is 1.40. The van der Waals surface area contributed by atoms with Crippen LogP contribution in [0.4, 0.5) is 22.1 Å². The Hall–Kier alpha value is -3.03. The van der Waals surface area contributed by atoms with Crippen molar-refractivity contribution in [2.45, 2.75) is 0 Å². The van der Waals surface area contributed by atoms with E-state index in [-0.39, 0.29) is 17.3 Å². The van der Waals surface area contributed by atoms with Crippen molar-refractivity contribution in [2.24, 2.45) is 0 Å². The molecule has 20 heavy (non-hydrogen) atoms. The van der Waals surface area contributed by atoms with Crippen LogP contribution >= 0.6 is 0 Å². The fourth-order valence-corrected chi connectivity index (χ4v) is 1.52. The summed E-state index contributed by atoms with van der Waals surface area (Å²) >= 11 is 0. The zero-order valence-corrected chi connectivity index (χ0v) is 10.5. The first-order valence-electron chi connectivity index (χ1n) is 5.54. The lowest BCUT2D eigenvalue weighted by Crippen LogP contribution is -2.19. The molecular formula is C12H11N3O5. The second-order valence-corrected chi connectivity index (χ2v) is 3.70. The number of nitrogens with one attached hydrogen (secondary N) is 2. The van der Waals surface area contributed by atoms with Crippen molar-refractivity contribution in [3.8, 4) is 5.75 Å². The highest BCUT2D eigenvalue weighted by atomic mass is 16.6. The lowest BCUT2D eigenvalue weighted by molar-refractivity contribution is -0.384. The first-order chi connectivity index (χ1) is 9.60. The Morgan fingerprint density at radius 2 is 2.15 bits per heavy atom. The monoisotopic (exact) mass is 277 g/mol. The van der Waals surface area contributed by atoms with Crippen molar-refractivity contribution in [2.75, 3.05) is 17.7 Å². The Morgan fingerprint density at radius 1 is 1.35 bits per heavy atom. The zero-order chi connectivity index (χ0) is 14.5. The van der Waals surface area contributed by atoms with Gasteiger partial charge in [-0.05, 0) is 12.1 Å². The van der Waals surface area contributed by atoms with Gasteiger partial charge < -0.3 is 14.5 Å². The van der Waals surface area contributed by atoms with E-state index in [2.05, 4.69) is 10.6 Å². The van der Waals surface area contributed by atoms with Crippen LogP contribution in [0.25, 0.3) is 0 Å². The molecule has 0 saturated carbocycles. The molecule has 0 bridgehead atoms. The van der Waals surface area contributed by atoms with Crippen LogP contribution in [-0.2, 0) is 0 Å². The van der Waals surface area contributed by atoms with Crippen molar-refractivity contribution in [3.63, 3.8) is 0 Å². The fourth-order valence-electron chi connectivity index (χ4n) is 1.52. The van der Waals surface area contributed by atoms with Gasteiger partial charge in [0.25, 0.3) is 5.69 Å². The molecule has 0 unspecified atom stereocenters. The molecule has 8 heteroatoms. The van der Waals surface area contributed by atoms with E-state index < -0.39 is 11.0 Å². The van der Waals surface area contributed by atoms with Crippen LogP contribution < -0.4 is 15.4 Å². The number of ether oxygens (including phenoxy) is 1. The summed E-state index contributed by atoms with van der Waals surface area (Å²) in [5.41, 5.74) is 0.0323. The van der Waals surface area contributed by atoms with E-state index in [9.17, 15) is 14.9 Å². The normalized spacial score (nSPS) is 9.85. The molecule has 2 rings (SSSR count). The van der Waals surface area contributed by atoms with Gasteiger partial charge in [-0.15, -0.1) is 0 Å². The third-order valence-electron chi connectivity index (χ3n) is 2.40. The molecule has 0 aliphatic carbocycles. The van der Waals surface area contributed by atoms with Crippen LogP contribution in [0.5, 0.6) is 5.75 Å². The van der Waals surface area contributed by atoms with Crippen molar-refractivity contribution >= 4 is 23.3 Å². The maximum absolute atomic E-state index is 11.7. The minimum Gasteiger partial charge on any atom is -0.495 e. The molecule has 1 aromatic heterocycles. The number of methoxy groups -OCH3 is 1. The predicted octanol–water partition coefficient (Wildman–Crippen LogP) is 2.84. The molecule has 0 fully saturated rings. The molecule has 0 radical (unpaired) electrons. The van der Waals surface area contributed by atoms with Gasteiger partial charge in [0.05, 0.1) is 24.0 Å². The van der Waals surface area contributed by atoms with Gasteiger partial charge in [0.15, 0.2) is 0 Å². The average molecular weight is 277 g/mol. The number of furan rings is 1. The third kappa shape index (κ3) is 3.05. The highest BCUT2D eigenvalue weighted by Crippen LogP contribution is 2.28. The number of nitrogens with zero attached hydrogens (tertiary/aromatic N) is 1. The Kier molecular flexibility index (Phi) is 3.85. The number of amides is 2. The van der Waals surface area contributed by atoms with Crippen LogP contribution in [0.1, 0.15) is 0 Å².